The van der Waals surface area contributed by atoms with Crippen molar-refractivity contribution in [1.82, 2.24) is 9.97 Å². The molecule has 1 aliphatic rings. The molecule has 2 aromatic heterocycles. The van der Waals surface area contributed by atoms with Gasteiger partial charge in [0, 0.05) is 16.2 Å². The van der Waals surface area contributed by atoms with Gasteiger partial charge in [0.2, 0.25) is 0 Å². The van der Waals surface area contributed by atoms with Crippen molar-refractivity contribution in [3.63, 3.8) is 0 Å². The Bertz CT molecular complexity index is 645. The van der Waals surface area contributed by atoms with Crippen LogP contribution in [0.1, 0.15) is 23.1 Å². The molecule has 0 atom stereocenters. The molecule has 0 saturated heterocycles. The van der Waals surface area contributed by atoms with Crippen LogP contribution in [0.25, 0.3) is 11.0 Å². The summed E-state index contributed by atoms with van der Waals surface area (Å²) >= 11 is 3.44. The number of aromatic amines is 1. The molecule has 1 aliphatic carbocycles. The van der Waals surface area contributed by atoms with Crippen molar-refractivity contribution in [2.75, 3.05) is 0 Å². The van der Waals surface area contributed by atoms with Gasteiger partial charge in [-0.3, -0.25) is 9.78 Å². The van der Waals surface area contributed by atoms with E-state index in [1.165, 1.54) is 0 Å². The summed E-state index contributed by atoms with van der Waals surface area (Å²) in [6.45, 7) is 1.99. The van der Waals surface area contributed by atoms with Gasteiger partial charge in [-0.05, 0) is 53.2 Å². The number of rotatable bonds is 0. The van der Waals surface area contributed by atoms with Gasteiger partial charge in [-0.15, -0.1) is 0 Å². The molecule has 3 nitrogen and oxygen atoms in total. The number of fused-ring (bicyclic) bond motifs is 3. The van der Waals surface area contributed by atoms with Gasteiger partial charge in [0.15, 0.2) is 0 Å². The van der Waals surface area contributed by atoms with E-state index < -0.39 is 0 Å². The highest BCUT2D eigenvalue weighted by atomic mass is 79.9. The lowest BCUT2D eigenvalue weighted by molar-refractivity contribution is 0.908. The Morgan fingerprint density at radius 2 is 2.12 bits per heavy atom. The van der Waals surface area contributed by atoms with E-state index in [1.54, 1.807) is 0 Å². The van der Waals surface area contributed by atoms with Crippen LogP contribution in [0.3, 0.4) is 0 Å². The van der Waals surface area contributed by atoms with E-state index in [2.05, 4.69) is 25.9 Å². The number of hydrogen-bond donors (Lipinski definition) is 1. The van der Waals surface area contributed by atoms with Crippen LogP contribution in [0.15, 0.2) is 15.5 Å². The molecule has 82 valence electrons. The number of aromatic nitrogens is 2. The first-order valence-electron chi connectivity index (χ1n) is 5.37. The third kappa shape index (κ3) is 1.26. The number of nitrogens with one attached hydrogen (secondary N) is 1. The second-order valence-corrected chi connectivity index (χ2v) is 5.07. The monoisotopic (exact) mass is 278 g/mol. The zero-order valence-electron chi connectivity index (χ0n) is 8.93. The van der Waals surface area contributed by atoms with Gasteiger partial charge in [-0.25, -0.2) is 0 Å². The van der Waals surface area contributed by atoms with Crippen molar-refractivity contribution < 1.29 is 0 Å². The van der Waals surface area contributed by atoms with Gasteiger partial charge in [0.25, 0.3) is 5.56 Å². The summed E-state index contributed by atoms with van der Waals surface area (Å²) in [5, 5.41) is 0. The van der Waals surface area contributed by atoms with Gasteiger partial charge in [-0.1, -0.05) is 0 Å². The fraction of sp³-hybridized carbons (Fsp3) is 0.333. The van der Waals surface area contributed by atoms with Crippen molar-refractivity contribution >= 4 is 27.0 Å². The van der Waals surface area contributed by atoms with Crippen LogP contribution in [0.5, 0.6) is 0 Å². The molecule has 1 N–H and O–H groups in total. The molecule has 4 heteroatoms. The normalized spacial score (nSPS) is 14.4. The van der Waals surface area contributed by atoms with E-state index >= 15 is 0 Å². The van der Waals surface area contributed by atoms with Gasteiger partial charge < -0.3 is 4.98 Å². The molecule has 0 amide bonds. The summed E-state index contributed by atoms with van der Waals surface area (Å²) < 4.78 is 0.939. The lowest BCUT2D eigenvalue weighted by atomic mass is 10.1. The molecule has 2 heterocycles. The van der Waals surface area contributed by atoms with Crippen LogP contribution in [0, 0.1) is 6.92 Å². The van der Waals surface area contributed by atoms with Crippen molar-refractivity contribution in [2.24, 2.45) is 0 Å². The Balaban J connectivity index is 2.52. The van der Waals surface area contributed by atoms with Crippen LogP contribution >= 0.6 is 15.9 Å². The predicted octanol–water partition coefficient (Wildman–Crippen LogP) is 2.48. The van der Waals surface area contributed by atoms with Gasteiger partial charge in [-0.2, -0.15) is 0 Å². The first kappa shape index (κ1) is 10.0. The molecule has 3 rings (SSSR count). The largest absolute Gasteiger partial charge is 0.320 e. The third-order valence-electron chi connectivity index (χ3n) is 3.29. The molecule has 0 spiro atoms. The van der Waals surface area contributed by atoms with E-state index in [0.29, 0.717) is 0 Å². The molecule has 0 saturated carbocycles. The number of nitrogens with zero attached hydrogens (tertiary/aromatic N) is 1. The summed E-state index contributed by atoms with van der Waals surface area (Å²) in [4.78, 5) is 19.3. The molecule has 2 aromatic rings. The summed E-state index contributed by atoms with van der Waals surface area (Å²) in [5.41, 5.74) is 5.03. The van der Waals surface area contributed by atoms with Gasteiger partial charge >= 0.3 is 0 Å². The van der Waals surface area contributed by atoms with E-state index in [1.807, 2.05) is 13.1 Å². The number of hydrogen-bond acceptors (Lipinski definition) is 2. The summed E-state index contributed by atoms with van der Waals surface area (Å²) in [6, 6.07) is 0. The molecule has 0 aliphatic heterocycles. The molecule has 0 bridgehead atoms. The van der Waals surface area contributed by atoms with Crippen molar-refractivity contribution in [1.29, 1.82) is 0 Å². The maximum Gasteiger partial charge on any atom is 0.252 e. The van der Waals surface area contributed by atoms with Crippen LogP contribution in [0.4, 0.5) is 0 Å². The molecular formula is C12H11BrN2O. The van der Waals surface area contributed by atoms with Crippen LogP contribution < -0.4 is 5.56 Å². The Morgan fingerprint density at radius 3 is 2.94 bits per heavy atom. The second-order valence-electron chi connectivity index (χ2n) is 4.22. The Kier molecular flexibility index (Phi) is 2.14. The van der Waals surface area contributed by atoms with E-state index in [-0.39, 0.29) is 5.56 Å². The lowest BCUT2D eigenvalue weighted by Crippen LogP contribution is -2.13. The smallest absolute Gasteiger partial charge is 0.252 e. The third-order valence-corrected chi connectivity index (χ3v) is 4.09. The Morgan fingerprint density at radius 1 is 1.38 bits per heavy atom. The maximum atomic E-state index is 11.9. The second kappa shape index (κ2) is 3.42. The summed E-state index contributed by atoms with van der Waals surface area (Å²) in [6.07, 6.45) is 4.74. The molecule has 0 radical (unpaired) electrons. The number of H-pyrrole nitrogens is 1. The fourth-order valence-corrected chi connectivity index (χ4v) is 2.71. The quantitative estimate of drug-likeness (QED) is 0.805. The van der Waals surface area contributed by atoms with E-state index in [0.717, 1.165) is 51.5 Å². The SMILES string of the molecule is Cc1c(Br)cnc2c3c(c(=O)[nH]c12)CCC3. The minimum Gasteiger partial charge on any atom is -0.320 e. The minimum absolute atomic E-state index is 0.0583. The highest BCUT2D eigenvalue weighted by Crippen LogP contribution is 2.28. The first-order valence-corrected chi connectivity index (χ1v) is 6.16. The van der Waals surface area contributed by atoms with Crippen LogP contribution in [0.2, 0.25) is 0 Å². The van der Waals surface area contributed by atoms with E-state index in [4.69, 9.17) is 0 Å². The highest BCUT2D eigenvalue weighted by Gasteiger charge is 2.19. The zero-order chi connectivity index (χ0) is 11.3. The molecule has 16 heavy (non-hydrogen) atoms. The molecule has 0 unspecified atom stereocenters. The molecule has 0 fully saturated rings. The average molecular weight is 279 g/mol. The summed E-state index contributed by atoms with van der Waals surface area (Å²) in [5.74, 6) is 0. The first-order chi connectivity index (χ1) is 7.68. The zero-order valence-corrected chi connectivity index (χ0v) is 10.5. The molecule has 0 aromatic carbocycles. The lowest BCUT2D eigenvalue weighted by Gasteiger charge is -2.07. The van der Waals surface area contributed by atoms with Gasteiger partial charge in [0.1, 0.15) is 0 Å². The topological polar surface area (TPSA) is 45.8 Å². The Labute approximate surface area is 101 Å². The van der Waals surface area contributed by atoms with Gasteiger partial charge in [0.05, 0.1) is 11.0 Å². The number of halogens is 1. The minimum atomic E-state index is 0.0583. The standard InChI is InChI=1S/C12H11BrN2O/c1-6-9(13)5-14-11-7-3-2-4-8(7)12(16)15-10(6)11/h5H,2-4H2,1H3,(H,15,16). The maximum absolute atomic E-state index is 11.9. The van der Waals surface area contributed by atoms with Crippen molar-refractivity contribution in [3.05, 3.63) is 37.7 Å². The van der Waals surface area contributed by atoms with Crippen molar-refractivity contribution in [2.45, 2.75) is 26.2 Å². The molecular weight excluding hydrogens is 268 g/mol. The average Bonchev–Trinajstić information content (AvgIpc) is 2.74. The summed E-state index contributed by atoms with van der Waals surface area (Å²) in [7, 11) is 0. The fourth-order valence-electron chi connectivity index (χ4n) is 2.41. The van der Waals surface area contributed by atoms with Crippen molar-refractivity contribution in [3.8, 4) is 0 Å². The predicted molar refractivity (Wildman–Crippen MR) is 66.8 cm³/mol. The van der Waals surface area contributed by atoms with Crippen LogP contribution in [-0.2, 0) is 12.8 Å². The highest BCUT2D eigenvalue weighted by molar-refractivity contribution is 9.10. The van der Waals surface area contributed by atoms with E-state index in [9.17, 15) is 4.79 Å². The van der Waals surface area contributed by atoms with Crippen LogP contribution in [-0.4, -0.2) is 9.97 Å². The number of pyridine rings is 2. The number of aryl methyl sites for hydroxylation is 2. The Hall–Kier alpha value is -1.16.